The average molecular weight is 227 g/mol. The van der Waals surface area contributed by atoms with Crippen LogP contribution >= 0.6 is 0 Å². The van der Waals surface area contributed by atoms with Crippen molar-refractivity contribution in [2.45, 2.75) is 12.5 Å². The molecule has 0 aliphatic heterocycles. The number of phenolic OH excluding ortho intramolecular Hbond substituents is 2. The molecule has 16 heavy (non-hydrogen) atoms. The van der Waals surface area contributed by atoms with Crippen molar-refractivity contribution in [3.8, 4) is 11.5 Å². The van der Waals surface area contributed by atoms with Crippen LogP contribution < -0.4 is 11.5 Å². The van der Waals surface area contributed by atoms with Crippen molar-refractivity contribution in [3.63, 3.8) is 0 Å². The number of nitro benzene ring substituents is 1. The monoisotopic (exact) mass is 227 g/mol. The van der Waals surface area contributed by atoms with Crippen molar-refractivity contribution in [2.24, 2.45) is 11.5 Å². The molecule has 0 bridgehead atoms. The summed E-state index contributed by atoms with van der Waals surface area (Å²) in [5, 5.41) is 29.1. The Labute approximate surface area is 91.4 Å². The fourth-order valence-electron chi connectivity index (χ4n) is 1.32. The largest absolute Gasteiger partial charge is 0.504 e. The number of nitro groups is 1. The molecular formula is C9H13N3O4. The van der Waals surface area contributed by atoms with Crippen molar-refractivity contribution in [1.29, 1.82) is 0 Å². The summed E-state index contributed by atoms with van der Waals surface area (Å²) in [4.78, 5) is 9.79. The molecule has 1 aromatic carbocycles. The molecule has 0 aromatic heterocycles. The lowest BCUT2D eigenvalue weighted by Crippen LogP contribution is -2.15. The van der Waals surface area contributed by atoms with Crippen LogP contribution in [0.1, 0.15) is 18.0 Å². The van der Waals surface area contributed by atoms with Crippen LogP contribution in [0.15, 0.2) is 12.1 Å². The fourth-order valence-corrected chi connectivity index (χ4v) is 1.32. The molecule has 0 saturated carbocycles. The molecule has 7 nitrogen and oxygen atoms in total. The molecule has 0 saturated heterocycles. The number of benzene rings is 1. The highest BCUT2D eigenvalue weighted by Crippen LogP contribution is 2.37. The number of rotatable bonds is 4. The Morgan fingerprint density at radius 1 is 1.44 bits per heavy atom. The Bertz CT molecular complexity index is 408. The summed E-state index contributed by atoms with van der Waals surface area (Å²) in [5.74, 6) is -1.31. The normalized spacial score (nSPS) is 12.4. The lowest BCUT2D eigenvalue weighted by Gasteiger charge is -2.11. The first kappa shape index (κ1) is 12.2. The van der Waals surface area contributed by atoms with Crippen LogP contribution in [-0.2, 0) is 0 Å². The van der Waals surface area contributed by atoms with E-state index in [2.05, 4.69) is 0 Å². The number of hydrogen-bond acceptors (Lipinski definition) is 6. The first-order valence-corrected chi connectivity index (χ1v) is 4.63. The molecule has 1 rings (SSSR count). The van der Waals surface area contributed by atoms with E-state index in [1.54, 1.807) is 0 Å². The van der Waals surface area contributed by atoms with E-state index in [1.807, 2.05) is 0 Å². The van der Waals surface area contributed by atoms with Gasteiger partial charge in [0.05, 0.1) is 4.92 Å². The van der Waals surface area contributed by atoms with Crippen LogP contribution in [0.25, 0.3) is 0 Å². The second kappa shape index (κ2) is 4.77. The van der Waals surface area contributed by atoms with Crippen molar-refractivity contribution < 1.29 is 15.1 Å². The van der Waals surface area contributed by atoms with Crippen molar-refractivity contribution in [1.82, 2.24) is 0 Å². The lowest BCUT2D eigenvalue weighted by atomic mass is 10.0. The molecule has 0 unspecified atom stereocenters. The minimum Gasteiger partial charge on any atom is -0.504 e. The number of nitrogens with two attached hydrogens (primary N) is 2. The smallest absolute Gasteiger partial charge is 0.314 e. The first-order chi connectivity index (χ1) is 7.47. The van der Waals surface area contributed by atoms with Crippen molar-refractivity contribution in [2.75, 3.05) is 6.54 Å². The molecule has 1 aromatic rings. The highest BCUT2D eigenvalue weighted by Gasteiger charge is 2.20. The minimum absolute atomic E-state index is 0.330. The molecule has 1 atom stereocenters. The molecule has 0 radical (unpaired) electrons. The van der Waals surface area contributed by atoms with Gasteiger partial charge < -0.3 is 21.7 Å². The molecule has 0 spiro atoms. The third-order valence-electron chi connectivity index (χ3n) is 2.19. The number of hydrogen-bond donors (Lipinski definition) is 4. The summed E-state index contributed by atoms with van der Waals surface area (Å²) in [6.45, 7) is 0.330. The Morgan fingerprint density at radius 2 is 2.06 bits per heavy atom. The molecule has 0 heterocycles. The maximum absolute atomic E-state index is 10.6. The molecule has 88 valence electrons. The summed E-state index contributed by atoms with van der Waals surface area (Å²) >= 11 is 0. The van der Waals surface area contributed by atoms with Crippen LogP contribution in [0.2, 0.25) is 0 Å². The standard InChI is InChI=1S/C9H13N3O4/c10-2-1-6(11)5-3-7(12(15)16)9(14)8(13)4-5/h3-4,6,13-14H,1-2,10-11H2/t6-/m1/s1. The molecule has 0 aliphatic rings. The van der Waals surface area contributed by atoms with E-state index in [0.29, 0.717) is 18.5 Å². The van der Waals surface area contributed by atoms with Gasteiger partial charge in [-0.2, -0.15) is 0 Å². The van der Waals surface area contributed by atoms with Crippen LogP contribution in [-0.4, -0.2) is 21.7 Å². The zero-order chi connectivity index (χ0) is 12.3. The minimum atomic E-state index is -0.784. The van der Waals surface area contributed by atoms with E-state index >= 15 is 0 Å². The van der Waals surface area contributed by atoms with Gasteiger partial charge in [-0.05, 0) is 24.6 Å². The predicted octanol–water partition coefficient (Wildman–Crippen LogP) is 0.355. The highest BCUT2D eigenvalue weighted by atomic mass is 16.6. The second-order valence-electron chi connectivity index (χ2n) is 3.35. The van der Waals surface area contributed by atoms with Gasteiger partial charge >= 0.3 is 5.69 Å². The zero-order valence-corrected chi connectivity index (χ0v) is 8.46. The molecule has 6 N–H and O–H groups in total. The summed E-state index contributed by atoms with van der Waals surface area (Å²) < 4.78 is 0. The Hall–Kier alpha value is -1.86. The number of nitrogens with zero attached hydrogens (tertiary/aromatic N) is 1. The maximum Gasteiger partial charge on any atom is 0.314 e. The SMILES string of the molecule is NCC[C@@H](N)c1cc(O)c(O)c([N+](=O)[O-])c1. The van der Waals surface area contributed by atoms with E-state index in [0.717, 1.165) is 6.07 Å². The Balaban J connectivity index is 3.18. The van der Waals surface area contributed by atoms with Crippen LogP contribution in [0.5, 0.6) is 11.5 Å². The predicted molar refractivity (Wildman–Crippen MR) is 57.0 cm³/mol. The van der Waals surface area contributed by atoms with Gasteiger partial charge in [-0.25, -0.2) is 0 Å². The topological polar surface area (TPSA) is 136 Å². The second-order valence-corrected chi connectivity index (χ2v) is 3.35. The fraction of sp³-hybridized carbons (Fsp3) is 0.333. The Morgan fingerprint density at radius 3 is 2.56 bits per heavy atom. The molecular weight excluding hydrogens is 214 g/mol. The van der Waals surface area contributed by atoms with Crippen molar-refractivity contribution >= 4 is 5.69 Å². The van der Waals surface area contributed by atoms with Gasteiger partial charge in [0.1, 0.15) is 0 Å². The summed E-state index contributed by atoms with van der Waals surface area (Å²) in [6, 6.07) is 1.83. The van der Waals surface area contributed by atoms with E-state index in [9.17, 15) is 20.3 Å². The first-order valence-electron chi connectivity index (χ1n) is 4.63. The molecule has 7 heteroatoms. The maximum atomic E-state index is 10.6. The van der Waals surface area contributed by atoms with Gasteiger partial charge in [-0.1, -0.05) is 0 Å². The molecule has 0 aliphatic carbocycles. The van der Waals surface area contributed by atoms with Crippen molar-refractivity contribution in [3.05, 3.63) is 27.8 Å². The van der Waals surface area contributed by atoms with Gasteiger partial charge in [0.2, 0.25) is 5.75 Å². The van der Waals surface area contributed by atoms with Crippen LogP contribution in [0.3, 0.4) is 0 Å². The quantitative estimate of drug-likeness (QED) is 0.333. The van der Waals surface area contributed by atoms with E-state index in [4.69, 9.17) is 11.5 Å². The summed E-state index contributed by atoms with van der Waals surface area (Å²) in [6.07, 6.45) is 0.432. The van der Waals surface area contributed by atoms with Gasteiger partial charge in [-0.3, -0.25) is 10.1 Å². The van der Waals surface area contributed by atoms with E-state index < -0.39 is 28.2 Å². The zero-order valence-electron chi connectivity index (χ0n) is 8.46. The van der Waals surface area contributed by atoms with Crippen LogP contribution in [0.4, 0.5) is 5.69 Å². The number of phenols is 2. The summed E-state index contributed by atoms with van der Waals surface area (Å²) in [5.41, 5.74) is 10.8. The summed E-state index contributed by atoms with van der Waals surface area (Å²) in [7, 11) is 0. The van der Waals surface area contributed by atoms with Gasteiger partial charge in [0, 0.05) is 12.1 Å². The number of aromatic hydroxyl groups is 2. The lowest BCUT2D eigenvalue weighted by molar-refractivity contribution is -0.386. The van der Waals surface area contributed by atoms with Gasteiger partial charge in [-0.15, -0.1) is 0 Å². The van der Waals surface area contributed by atoms with Crippen LogP contribution in [0, 0.1) is 10.1 Å². The Kier molecular flexibility index (Phi) is 3.64. The van der Waals surface area contributed by atoms with Gasteiger partial charge in [0.15, 0.2) is 5.75 Å². The molecule has 0 amide bonds. The van der Waals surface area contributed by atoms with E-state index in [1.165, 1.54) is 6.07 Å². The highest BCUT2D eigenvalue weighted by molar-refractivity contribution is 5.56. The van der Waals surface area contributed by atoms with Gasteiger partial charge in [0.25, 0.3) is 0 Å². The van der Waals surface area contributed by atoms with E-state index in [-0.39, 0.29) is 0 Å². The average Bonchev–Trinajstić information content (AvgIpc) is 2.21. The third-order valence-corrected chi connectivity index (χ3v) is 2.19. The third kappa shape index (κ3) is 2.38. The molecule has 0 fully saturated rings.